The van der Waals surface area contributed by atoms with Crippen LogP contribution in [0.15, 0.2) is 24.3 Å². The molecular formula is C18H27N3. The Bertz CT molecular complexity index is 597. The largest absolute Gasteiger partial charge is 0.310 e. The van der Waals surface area contributed by atoms with Crippen LogP contribution in [0.4, 0.5) is 0 Å². The van der Waals surface area contributed by atoms with E-state index in [1.807, 2.05) is 0 Å². The maximum Gasteiger partial charge on any atom is 0.0662 e. The molecule has 0 saturated heterocycles. The minimum atomic E-state index is 0.511. The van der Waals surface area contributed by atoms with Gasteiger partial charge in [-0.15, -0.1) is 0 Å². The first-order valence-corrected chi connectivity index (χ1v) is 7.85. The Morgan fingerprint density at radius 3 is 2.52 bits per heavy atom. The van der Waals surface area contributed by atoms with E-state index in [0.717, 1.165) is 25.2 Å². The first kappa shape index (κ1) is 15.8. The average Bonchev–Trinajstić information content (AvgIpc) is 2.71. The van der Waals surface area contributed by atoms with Crippen molar-refractivity contribution in [1.82, 2.24) is 15.1 Å². The second-order valence-corrected chi connectivity index (χ2v) is 6.02. The standard InChI is InChI=1S/C18H27N3/c1-6-18-14(4)20-21(15(18)5)12-17-9-7-8-16(10-17)11-19-13(2)3/h7-10,13,19H,6,11-12H2,1-5H3. The van der Waals surface area contributed by atoms with E-state index in [-0.39, 0.29) is 0 Å². The molecule has 0 radical (unpaired) electrons. The monoisotopic (exact) mass is 285 g/mol. The van der Waals surface area contributed by atoms with E-state index in [2.05, 4.69) is 74.0 Å². The van der Waals surface area contributed by atoms with E-state index in [4.69, 9.17) is 0 Å². The molecule has 2 aromatic rings. The van der Waals surface area contributed by atoms with E-state index in [1.54, 1.807) is 0 Å². The molecule has 0 unspecified atom stereocenters. The smallest absolute Gasteiger partial charge is 0.0662 e. The van der Waals surface area contributed by atoms with Gasteiger partial charge in [0.25, 0.3) is 0 Å². The molecule has 0 amide bonds. The maximum atomic E-state index is 4.68. The van der Waals surface area contributed by atoms with Crippen molar-refractivity contribution in [3.63, 3.8) is 0 Å². The van der Waals surface area contributed by atoms with Crippen LogP contribution in [0.25, 0.3) is 0 Å². The van der Waals surface area contributed by atoms with Crippen molar-refractivity contribution < 1.29 is 0 Å². The molecule has 1 N–H and O–H groups in total. The molecule has 114 valence electrons. The Balaban J connectivity index is 2.14. The van der Waals surface area contributed by atoms with Crippen molar-refractivity contribution in [3.8, 4) is 0 Å². The molecule has 0 spiro atoms. The van der Waals surface area contributed by atoms with Crippen LogP contribution in [-0.4, -0.2) is 15.8 Å². The number of aryl methyl sites for hydroxylation is 1. The molecule has 1 aromatic carbocycles. The Hall–Kier alpha value is -1.61. The maximum absolute atomic E-state index is 4.68. The lowest BCUT2D eigenvalue weighted by molar-refractivity contribution is 0.587. The quantitative estimate of drug-likeness (QED) is 0.878. The fraction of sp³-hybridized carbons (Fsp3) is 0.500. The fourth-order valence-corrected chi connectivity index (χ4v) is 2.73. The molecule has 21 heavy (non-hydrogen) atoms. The topological polar surface area (TPSA) is 29.9 Å². The number of hydrogen-bond donors (Lipinski definition) is 1. The van der Waals surface area contributed by atoms with Crippen molar-refractivity contribution in [3.05, 3.63) is 52.3 Å². The number of aromatic nitrogens is 2. The second-order valence-electron chi connectivity index (χ2n) is 6.02. The van der Waals surface area contributed by atoms with E-state index >= 15 is 0 Å². The molecule has 1 heterocycles. The van der Waals surface area contributed by atoms with Crippen molar-refractivity contribution in [2.75, 3.05) is 0 Å². The van der Waals surface area contributed by atoms with E-state index in [9.17, 15) is 0 Å². The lowest BCUT2D eigenvalue weighted by atomic mass is 10.1. The lowest BCUT2D eigenvalue weighted by Gasteiger charge is -2.10. The van der Waals surface area contributed by atoms with E-state index in [1.165, 1.54) is 22.4 Å². The summed E-state index contributed by atoms with van der Waals surface area (Å²) in [7, 11) is 0. The third kappa shape index (κ3) is 3.94. The van der Waals surface area contributed by atoms with E-state index < -0.39 is 0 Å². The van der Waals surface area contributed by atoms with Crippen molar-refractivity contribution in [1.29, 1.82) is 0 Å². The van der Waals surface area contributed by atoms with Crippen LogP contribution in [0.2, 0.25) is 0 Å². The molecular weight excluding hydrogens is 258 g/mol. The van der Waals surface area contributed by atoms with Gasteiger partial charge in [-0.05, 0) is 37.0 Å². The van der Waals surface area contributed by atoms with Crippen LogP contribution in [0, 0.1) is 13.8 Å². The third-order valence-electron chi connectivity index (χ3n) is 3.92. The first-order chi connectivity index (χ1) is 10.0. The van der Waals surface area contributed by atoms with Gasteiger partial charge >= 0.3 is 0 Å². The molecule has 3 heteroatoms. The number of hydrogen-bond acceptors (Lipinski definition) is 2. The van der Waals surface area contributed by atoms with Crippen molar-refractivity contribution in [2.45, 2.75) is 60.2 Å². The minimum Gasteiger partial charge on any atom is -0.310 e. The molecule has 0 aliphatic rings. The van der Waals surface area contributed by atoms with Gasteiger partial charge in [0.15, 0.2) is 0 Å². The Labute approximate surface area is 128 Å². The zero-order chi connectivity index (χ0) is 15.4. The van der Waals surface area contributed by atoms with Crippen molar-refractivity contribution >= 4 is 0 Å². The van der Waals surface area contributed by atoms with Crippen LogP contribution in [-0.2, 0) is 19.5 Å². The van der Waals surface area contributed by atoms with Gasteiger partial charge in [-0.1, -0.05) is 45.0 Å². The van der Waals surface area contributed by atoms with Crippen LogP contribution >= 0.6 is 0 Å². The summed E-state index contributed by atoms with van der Waals surface area (Å²) in [6.07, 6.45) is 1.05. The SMILES string of the molecule is CCc1c(C)nn(Cc2cccc(CNC(C)C)c2)c1C. The van der Waals surface area contributed by atoms with Crippen LogP contribution in [0.3, 0.4) is 0 Å². The zero-order valence-corrected chi connectivity index (χ0v) is 13.9. The van der Waals surface area contributed by atoms with Crippen LogP contribution < -0.4 is 5.32 Å². The summed E-state index contributed by atoms with van der Waals surface area (Å²) in [5.41, 5.74) is 6.48. The Kier molecular flexibility index (Phi) is 5.18. The van der Waals surface area contributed by atoms with Crippen LogP contribution in [0.5, 0.6) is 0 Å². The lowest BCUT2D eigenvalue weighted by Crippen LogP contribution is -2.21. The summed E-state index contributed by atoms with van der Waals surface area (Å²) in [4.78, 5) is 0. The molecule has 0 bridgehead atoms. The predicted molar refractivity (Wildman–Crippen MR) is 88.6 cm³/mol. The molecule has 0 fully saturated rings. The number of nitrogens with one attached hydrogen (secondary N) is 1. The summed E-state index contributed by atoms with van der Waals surface area (Å²) >= 11 is 0. The Morgan fingerprint density at radius 2 is 1.90 bits per heavy atom. The molecule has 0 saturated carbocycles. The zero-order valence-electron chi connectivity index (χ0n) is 13.9. The minimum absolute atomic E-state index is 0.511. The molecule has 0 aliphatic carbocycles. The highest BCUT2D eigenvalue weighted by molar-refractivity contribution is 5.27. The van der Waals surface area contributed by atoms with Gasteiger partial charge in [0.05, 0.1) is 12.2 Å². The predicted octanol–water partition coefficient (Wildman–Crippen LogP) is 3.61. The van der Waals surface area contributed by atoms with Gasteiger partial charge in [0, 0.05) is 18.3 Å². The number of nitrogens with zero attached hydrogens (tertiary/aromatic N) is 2. The molecule has 2 rings (SSSR count). The highest BCUT2D eigenvalue weighted by Crippen LogP contribution is 2.15. The summed E-state index contributed by atoms with van der Waals surface area (Å²) in [5.74, 6) is 0. The van der Waals surface area contributed by atoms with Gasteiger partial charge < -0.3 is 5.32 Å². The highest BCUT2D eigenvalue weighted by Gasteiger charge is 2.10. The summed E-state index contributed by atoms with van der Waals surface area (Å²) < 4.78 is 2.13. The number of benzene rings is 1. The fourth-order valence-electron chi connectivity index (χ4n) is 2.73. The van der Waals surface area contributed by atoms with Gasteiger partial charge in [-0.3, -0.25) is 4.68 Å². The first-order valence-electron chi connectivity index (χ1n) is 7.85. The summed E-state index contributed by atoms with van der Waals surface area (Å²) in [5, 5.41) is 8.15. The highest BCUT2D eigenvalue weighted by atomic mass is 15.3. The molecule has 0 aliphatic heterocycles. The Morgan fingerprint density at radius 1 is 1.19 bits per heavy atom. The molecule has 3 nitrogen and oxygen atoms in total. The van der Waals surface area contributed by atoms with Gasteiger partial charge in [-0.2, -0.15) is 5.10 Å². The van der Waals surface area contributed by atoms with E-state index in [0.29, 0.717) is 6.04 Å². The molecule has 1 aromatic heterocycles. The number of rotatable bonds is 6. The van der Waals surface area contributed by atoms with Gasteiger partial charge in [0.1, 0.15) is 0 Å². The third-order valence-corrected chi connectivity index (χ3v) is 3.92. The summed E-state index contributed by atoms with van der Waals surface area (Å²) in [6, 6.07) is 9.28. The van der Waals surface area contributed by atoms with Crippen molar-refractivity contribution in [2.24, 2.45) is 0 Å². The van der Waals surface area contributed by atoms with Crippen LogP contribution in [0.1, 0.15) is 48.8 Å². The normalized spacial score (nSPS) is 11.3. The summed E-state index contributed by atoms with van der Waals surface area (Å²) in [6.45, 7) is 12.6. The van der Waals surface area contributed by atoms with Gasteiger partial charge in [-0.25, -0.2) is 0 Å². The average molecular weight is 285 g/mol. The van der Waals surface area contributed by atoms with Gasteiger partial charge in [0.2, 0.25) is 0 Å². The molecule has 0 atom stereocenters. The second kappa shape index (κ2) is 6.90.